The molecule has 0 spiro atoms. The zero-order valence-electron chi connectivity index (χ0n) is 16.5. The Morgan fingerprint density at radius 2 is 1.96 bits per heavy atom. The van der Waals surface area contributed by atoms with Crippen molar-refractivity contribution in [2.24, 2.45) is 10.9 Å². The molecule has 0 aromatic carbocycles. The van der Waals surface area contributed by atoms with E-state index in [2.05, 4.69) is 39.5 Å². The van der Waals surface area contributed by atoms with Gasteiger partial charge in [-0.15, -0.1) is 24.0 Å². The van der Waals surface area contributed by atoms with Gasteiger partial charge in [-0.3, -0.25) is 9.67 Å². The lowest BCUT2D eigenvalue weighted by Gasteiger charge is -2.30. The van der Waals surface area contributed by atoms with E-state index in [1.54, 1.807) is 0 Å². The minimum absolute atomic E-state index is 0. The highest BCUT2D eigenvalue weighted by Gasteiger charge is 2.14. The van der Waals surface area contributed by atoms with Crippen molar-refractivity contribution >= 4 is 29.9 Å². The Bertz CT molecular complexity index is 468. The maximum absolute atomic E-state index is 4.65. The van der Waals surface area contributed by atoms with Crippen molar-refractivity contribution in [1.29, 1.82) is 0 Å². The molecule has 2 rings (SSSR count). The summed E-state index contributed by atoms with van der Waals surface area (Å²) in [4.78, 5) is 7.27. The first kappa shape index (κ1) is 23.2. The Morgan fingerprint density at radius 1 is 1.15 bits per heavy atom. The van der Waals surface area contributed by atoms with E-state index in [4.69, 9.17) is 0 Å². The highest BCUT2D eigenvalue weighted by atomic mass is 127. The third-order valence-corrected chi connectivity index (χ3v) is 4.79. The van der Waals surface area contributed by atoms with Crippen molar-refractivity contribution < 1.29 is 0 Å². The summed E-state index contributed by atoms with van der Waals surface area (Å²) < 4.78 is 1.96. The fourth-order valence-corrected chi connectivity index (χ4v) is 3.15. The number of aliphatic imine (C=N–C) groups is 1. The van der Waals surface area contributed by atoms with Gasteiger partial charge in [0.1, 0.15) is 0 Å². The van der Waals surface area contributed by atoms with E-state index in [-0.39, 0.29) is 24.0 Å². The van der Waals surface area contributed by atoms with Crippen molar-refractivity contribution in [2.45, 2.75) is 52.5 Å². The molecule has 0 amide bonds. The summed E-state index contributed by atoms with van der Waals surface area (Å²) in [6, 6.07) is 1.96. The van der Waals surface area contributed by atoms with Gasteiger partial charge in [0.2, 0.25) is 0 Å². The topological polar surface area (TPSA) is 57.5 Å². The van der Waals surface area contributed by atoms with Gasteiger partial charge in [-0.25, -0.2) is 0 Å². The lowest BCUT2D eigenvalue weighted by molar-refractivity contribution is 0.189. The summed E-state index contributed by atoms with van der Waals surface area (Å²) in [5, 5.41) is 11.0. The van der Waals surface area contributed by atoms with Crippen LogP contribution in [0.1, 0.15) is 46.0 Å². The number of nitrogens with one attached hydrogen (secondary N) is 2. The number of hydrogen-bond donors (Lipinski definition) is 2. The summed E-state index contributed by atoms with van der Waals surface area (Å²) in [5.74, 6) is 1.86. The molecule has 0 atom stereocenters. The molecule has 7 heteroatoms. The van der Waals surface area contributed by atoms with Crippen LogP contribution >= 0.6 is 24.0 Å². The second kappa shape index (κ2) is 14.3. The van der Waals surface area contributed by atoms with Crippen LogP contribution in [0.2, 0.25) is 0 Å². The minimum Gasteiger partial charge on any atom is -0.357 e. The number of guanidine groups is 1. The first-order valence-electron chi connectivity index (χ1n) is 10.00. The summed E-state index contributed by atoms with van der Waals surface area (Å²) in [6.45, 7) is 11.9. The molecule has 2 heterocycles. The van der Waals surface area contributed by atoms with Gasteiger partial charge in [0, 0.05) is 38.6 Å². The first-order chi connectivity index (χ1) is 12.3. The average Bonchev–Trinajstić information content (AvgIpc) is 3.13. The van der Waals surface area contributed by atoms with Crippen LogP contribution in [0.25, 0.3) is 0 Å². The van der Waals surface area contributed by atoms with E-state index >= 15 is 0 Å². The number of halogens is 1. The fourth-order valence-electron chi connectivity index (χ4n) is 3.15. The van der Waals surface area contributed by atoms with Crippen molar-refractivity contribution in [1.82, 2.24) is 25.3 Å². The zero-order chi connectivity index (χ0) is 17.7. The Balaban J connectivity index is 0.00000338. The number of piperidine rings is 1. The SMILES string of the molecule is CCNC(=NCCCn1cccn1)NCCCCN1CCC(C)CC1.I. The van der Waals surface area contributed by atoms with Crippen molar-refractivity contribution in [3.63, 3.8) is 0 Å². The molecule has 26 heavy (non-hydrogen) atoms. The van der Waals surface area contributed by atoms with Gasteiger partial charge in [-0.1, -0.05) is 6.92 Å². The van der Waals surface area contributed by atoms with Gasteiger partial charge >= 0.3 is 0 Å². The van der Waals surface area contributed by atoms with E-state index in [1.807, 2.05) is 23.1 Å². The molecule has 1 aliphatic rings. The maximum atomic E-state index is 4.65. The van der Waals surface area contributed by atoms with E-state index in [0.717, 1.165) is 44.5 Å². The smallest absolute Gasteiger partial charge is 0.191 e. The number of rotatable bonds is 10. The van der Waals surface area contributed by atoms with Crippen LogP contribution < -0.4 is 10.6 Å². The maximum Gasteiger partial charge on any atom is 0.191 e. The summed E-state index contributed by atoms with van der Waals surface area (Å²) >= 11 is 0. The predicted molar refractivity (Wildman–Crippen MR) is 120 cm³/mol. The largest absolute Gasteiger partial charge is 0.357 e. The highest BCUT2D eigenvalue weighted by molar-refractivity contribution is 14.0. The Labute approximate surface area is 176 Å². The van der Waals surface area contributed by atoms with Gasteiger partial charge in [0.15, 0.2) is 5.96 Å². The Hall–Kier alpha value is -0.830. The van der Waals surface area contributed by atoms with Gasteiger partial charge in [-0.2, -0.15) is 5.10 Å². The van der Waals surface area contributed by atoms with E-state index < -0.39 is 0 Å². The molecule has 1 aromatic rings. The molecule has 0 bridgehead atoms. The Kier molecular flexibility index (Phi) is 12.7. The third-order valence-electron chi connectivity index (χ3n) is 4.79. The van der Waals surface area contributed by atoms with Crippen LogP contribution in [0, 0.1) is 5.92 Å². The van der Waals surface area contributed by atoms with Crippen molar-refractivity contribution in [2.75, 3.05) is 39.3 Å². The predicted octanol–water partition coefficient (Wildman–Crippen LogP) is 2.96. The fraction of sp³-hybridized carbons (Fsp3) is 0.789. The van der Waals surface area contributed by atoms with Crippen molar-refractivity contribution in [3.8, 4) is 0 Å². The van der Waals surface area contributed by atoms with Gasteiger partial charge in [0.05, 0.1) is 0 Å². The molecule has 6 nitrogen and oxygen atoms in total. The number of aromatic nitrogens is 2. The molecule has 2 N–H and O–H groups in total. The van der Waals surface area contributed by atoms with Crippen LogP contribution in [0.5, 0.6) is 0 Å². The number of hydrogen-bond acceptors (Lipinski definition) is 3. The average molecular weight is 476 g/mol. The number of likely N-dealkylation sites (tertiary alicyclic amines) is 1. The number of unbranched alkanes of at least 4 members (excludes halogenated alkanes) is 1. The molecule has 150 valence electrons. The molecule has 1 fully saturated rings. The zero-order valence-corrected chi connectivity index (χ0v) is 18.8. The summed E-state index contributed by atoms with van der Waals surface area (Å²) in [5.41, 5.74) is 0. The molecular formula is C19H37IN6. The lowest BCUT2D eigenvalue weighted by Crippen LogP contribution is -2.38. The molecule has 1 aromatic heterocycles. The van der Waals surface area contributed by atoms with Crippen LogP contribution in [0.15, 0.2) is 23.5 Å². The van der Waals surface area contributed by atoms with Crippen molar-refractivity contribution in [3.05, 3.63) is 18.5 Å². The molecule has 0 aliphatic carbocycles. The van der Waals surface area contributed by atoms with E-state index in [0.29, 0.717) is 0 Å². The molecular weight excluding hydrogens is 439 g/mol. The Morgan fingerprint density at radius 3 is 2.65 bits per heavy atom. The molecule has 1 aliphatic heterocycles. The number of aryl methyl sites for hydroxylation is 1. The number of nitrogens with zero attached hydrogens (tertiary/aromatic N) is 4. The second-order valence-electron chi connectivity index (χ2n) is 7.04. The van der Waals surface area contributed by atoms with Gasteiger partial charge < -0.3 is 15.5 Å². The summed E-state index contributed by atoms with van der Waals surface area (Å²) in [6.07, 6.45) is 10.0. The quantitative estimate of drug-likeness (QED) is 0.236. The standard InChI is InChI=1S/C19H36N6.HI/c1-3-20-19(22-11-6-14-25-15-7-12-23-25)21-10-4-5-13-24-16-8-18(2)9-17-24;/h7,12,15,18H,3-6,8-11,13-14,16-17H2,1-2H3,(H2,20,21,22);1H. The van der Waals surface area contributed by atoms with E-state index in [9.17, 15) is 0 Å². The minimum atomic E-state index is 0. The molecule has 0 saturated carbocycles. The lowest BCUT2D eigenvalue weighted by atomic mass is 9.99. The molecule has 0 unspecified atom stereocenters. The second-order valence-corrected chi connectivity index (χ2v) is 7.04. The van der Waals surface area contributed by atoms with Crippen LogP contribution in [-0.2, 0) is 6.54 Å². The van der Waals surface area contributed by atoms with Crippen LogP contribution in [-0.4, -0.2) is 59.9 Å². The first-order valence-corrected chi connectivity index (χ1v) is 10.00. The molecule has 0 radical (unpaired) electrons. The van der Waals surface area contributed by atoms with Gasteiger partial charge in [0.25, 0.3) is 0 Å². The monoisotopic (exact) mass is 476 g/mol. The summed E-state index contributed by atoms with van der Waals surface area (Å²) in [7, 11) is 0. The third kappa shape index (κ3) is 9.75. The van der Waals surface area contributed by atoms with E-state index in [1.165, 1.54) is 45.3 Å². The highest BCUT2D eigenvalue weighted by Crippen LogP contribution is 2.15. The molecule has 1 saturated heterocycles. The van der Waals surface area contributed by atoms with Gasteiger partial charge in [-0.05, 0) is 70.6 Å². The van der Waals surface area contributed by atoms with Crippen LogP contribution in [0.4, 0.5) is 0 Å². The van der Waals surface area contributed by atoms with Crippen LogP contribution in [0.3, 0.4) is 0 Å². The normalized spacial score (nSPS) is 16.3.